The topological polar surface area (TPSA) is 38.3 Å². The Morgan fingerprint density at radius 2 is 2.25 bits per heavy atom. The van der Waals surface area contributed by atoms with Gasteiger partial charge in [-0.2, -0.15) is 0 Å². The molecule has 16 heavy (non-hydrogen) atoms. The average Bonchev–Trinajstić information content (AvgIpc) is 2.29. The molecule has 0 amide bonds. The number of hydrogen-bond acceptors (Lipinski definition) is 3. The minimum Gasteiger partial charge on any atom is -0.465 e. The standard InChI is InChI=1S/C12H16BrNO2/c1-3-6-14-8-9-7-10(13)4-5-11(9)12(15)16-2/h4-5,7,14H,3,6,8H2,1-2H3. The van der Waals surface area contributed by atoms with Gasteiger partial charge in [0.1, 0.15) is 0 Å². The molecule has 0 heterocycles. The van der Waals surface area contributed by atoms with Crippen LogP contribution in [0.15, 0.2) is 22.7 Å². The van der Waals surface area contributed by atoms with Gasteiger partial charge in [-0.05, 0) is 36.7 Å². The zero-order valence-electron chi connectivity index (χ0n) is 9.55. The average molecular weight is 286 g/mol. The van der Waals surface area contributed by atoms with Crippen LogP contribution in [0.1, 0.15) is 29.3 Å². The fourth-order valence-electron chi connectivity index (χ4n) is 1.42. The number of carbonyl (C=O) groups excluding carboxylic acids is 1. The van der Waals surface area contributed by atoms with Crippen molar-refractivity contribution in [1.82, 2.24) is 5.32 Å². The Labute approximate surface area is 104 Å². The summed E-state index contributed by atoms with van der Waals surface area (Å²) < 4.78 is 5.71. The lowest BCUT2D eigenvalue weighted by atomic mass is 10.1. The zero-order valence-corrected chi connectivity index (χ0v) is 11.1. The molecule has 3 nitrogen and oxygen atoms in total. The number of methoxy groups -OCH3 is 1. The second-order valence-corrected chi connectivity index (χ2v) is 4.39. The van der Waals surface area contributed by atoms with Crippen molar-refractivity contribution in [3.63, 3.8) is 0 Å². The molecule has 0 fully saturated rings. The van der Waals surface area contributed by atoms with E-state index in [9.17, 15) is 4.79 Å². The molecule has 0 bridgehead atoms. The van der Waals surface area contributed by atoms with Crippen LogP contribution in [0.5, 0.6) is 0 Å². The Bertz CT molecular complexity index is 366. The van der Waals surface area contributed by atoms with E-state index < -0.39 is 0 Å². The molecule has 4 heteroatoms. The summed E-state index contributed by atoms with van der Waals surface area (Å²) in [6.07, 6.45) is 1.07. The van der Waals surface area contributed by atoms with Gasteiger partial charge < -0.3 is 10.1 Å². The first kappa shape index (κ1) is 13.2. The number of rotatable bonds is 5. The van der Waals surface area contributed by atoms with Crippen molar-refractivity contribution in [3.05, 3.63) is 33.8 Å². The van der Waals surface area contributed by atoms with Crippen LogP contribution in [0.3, 0.4) is 0 Å². The van der Waals surface area contributed by atoms with Crippen LogP contribution < -0.4 is 5.32 Å². The van der Waals surface area contributed by atoms with Gasteiger partial charge in [0.15, 0.2) is 0 Å². The van der Waals surface area contributed by atoms with E-state index in [1.807, 2.05) is 12.1 Å². The molecule has 1 aromatic rings. The number of nitrogens with one attached hydrogen (secondary N) is 1. The van der Waals surface area contributed by atoms with Crippen LogP contribution >= 0.6 is 15.9 Å². The molecule has 0 saturated heterocycles. The van der Waals surface area contributed by atoms with Crippen molar-refractivity contribution >= 4 is 21.9 Å². The molecule has 0 saturated carbocycles. The number of ether oxygens (including phenoxy) is 1. The minimum absolute atomic E-state index is 0.291. The third-order valence-electron chi connectivity index (χ3n) is 2.21. The van der Waals surface area contributed by atoms with Crippen LogP contribution in [0.2, 0.25) is 0 Å². The predicted octanol–water partition coefficient (Wildman–Crippen LogP) is 2.74. The zero-order chi connectivity index (χ0) is 12.0. The summed E-state index contributed by atoms with van der Waals surface area (Å²) in [5.74, 6) is -0.291. The van der Waals surface area contributed by atoms with Gasteiger partial charge in [-0.25, -0.2) is 4.79 Å². The summed E-state index contributed by atoms with van der Waals surface area (Å²) >= 11 is 3.40. The minimum atomic E-state index is -0.291. The number of halogens is 1. The van der Waals surface area contributed by atoms with E-state index in [1.54, 1.807) is 6.07 Å². The largest absolute Gasteiger partial charge is 0.465 e. The van der Waals surface area contributed by atoms with E-state index in [-0.39, 0.29) is 5.97 Å². The Kier molecular flexibility index (Phi) is 5.49. The predicted molar refractivity (Wildman–Crippen MR) is 67.5 cm³/mol. The maximum Gasteiger partial charge on any atom is 0.338 e. The van der Waals surface area contributed by atoms with Crippen LogP contribution in [0.25, 0.3) is 0 Å². The van der Waals surface area contributed by atoms with Crippen molar-refractivity contribution < 1.29 is 9.53 Å². The van der Waals surface area contributed by atoms with E-state index in [0.717, 1.165) is 23.0 Å². The normalized spacial score (nSPS) is 10.2. The molecule has 88 valence electrons. The van der Waals surface area contributed by atoms with Crippen molar-refractivity contribution in [2.75, 3.05) is 13.7 Å². The van der Waals surface area contributed by atoms with Gasteiger partial charge in [-0.1, -0.05) is 22.9 Å². The monoisotopic (exact) mass is 285 g/mol. The van der Waals surface area contributed by atoms with Crippen LogP contribution in [0, 0.1) is 0 Å². The van der Waals surface area contributed by atoms with Crippen molar-refractivity contribution in [1.29, 1.82) is 0 Å². The van der Waals surface area contributed by atoms with Crippen LogP contribution in [-0.2, 0) is 11.3 Å². The molecule has 0 aliphatic carbocycles. The molecule has 1 N–H and O–H groups in total. The first-order valence-electron chi connectivity index (χ1n) is 5.26. The lowest BCUT2D eigenvalue weighted by Gasteiger charge is -2.09. The quantitative estimate of drug-likeness (QED) is 0.668. The van der Waals surface area contributed by atoms with Crippen LogP contribution in [0.4, 0.5) is 0 Å². The second kappa shape index (κ2) is 6.66. The van der Waals surface area contributed by atoms with E-state index in [1.165, 1.54) is 7.11 Å². The summed E-state index contributed by atoms with van der Waals surface area (Å²) in [6.45, 7) is 3.72. The highest BCUT2D eigenvalue weighted by Crippen LogP contribution is 2.17. The fraction of sp³-hybridized carbons (Fsp3) is 0.417. The highest BCUT2D eigenvalue weighted by Gasteiger charge is 2.11. The second-order valence-electron chi connectivity index (χ2n) is 3.47. The molecule has 0 spiro atoms. The number of esters is 1. The first-order valence-corrected chi connectivity index (χ1v) is 6.05. The summed E-state index contributed by atoms with van der Waals surface area (Å²) in [5.41, 5.74) is 1.57. The van der Waals surface area contributed by atoms with E-state index >= 15 is 0 Å². The summed E-state index contributed by atoms with van der Waals surface area (Å²) in [4.78, 5) is 11.5. The molecule has 0 radical (unpaired) electrons. The van der Waals surface area contributed by atoms with Gasteiger partial charge >= 0.3 is 5.97 Å². The first-order chi connectivity index (χ1) is 7.69. The highest BCUT2D eigenvalue weighted by molar-refractivity contribution is 9.10. The summed E-state index contributed by atoms with van der Waals surface area (Å²) in [6, 6.07) is 5.56. The molecule has 0 aliphatic rings. The van der Waals surface area contributed by atoms with Gasteiger partial charge in [-0.3, -0.25) is 0 Å². The lowest BCUT2D eigenvalue weighted by Crippen LogP contribution is -2.17. The SMILES string of the molecule is CCCNCc1cc(Br)ccc1C(=O)OC. The maximum atomic E-state index is 11.5. The smallest absolute Gasteiger partial charge is 0.338 e. The number of carbonyl (C=O) groups is 1. The molecule has 0 aromatic heterocycles. The number of benzene rings is 1. The Morgan fingerprint density at radius 3 is 2.88 bits per heavy atom. The van der Waals surface area contributed by atoms with Gasteiger partial charge in [0.2, 0.25) is 0 Å². The maximum absolute atomic E-state index is 11.5. The van der Waals surface area contributed by atoms with E-state index in [0.29, 0.717) is 12.1 Å². The van der Waals surface area contributed by atoms with Crippen molar-refractivity contribution in [2.24, 2.45) is 0 Å². The molecule has 0 unspecified atom stereocenters. The lowest BCUT2D eigenvalue weighted by molar-refractivity contribution is 0.0599. The van der Waals surface area contributed by atoms with Gasteiger partial charge in [0.25, 0.3) is 0 Å². The Balaban J connectivity index is 2.85. The van der Waals surface area contributed by atoms with E-state index in [2.05, 4.69) is 28.2 Å². The third kappa shape index (κ3) is 3.61. The fourth-order valence-corrected chi connectivity index (χ4v) is 1.83. The van der Waals surface area contributed by atoms with Crippen molar-refractivity contribution in [3.8, 4) is 0 Å². The summed E-state index contributed by atoms with van der Waals surface area (Å²) in [5, 5.41) is 3.27. The number of hydrogen-bond donors (Lipinski definition) is 1. The molecular formula is C12H16BrNO2. The Morgan fingerprint density at radius 1 is 1.50 bits per heavy atom. The summed E-state index contributed by atoms with van der Waals surface area (Å²) in [7, 11) is 1.40. The van der Waals surface area contributed by atoms with Gasteiger partial charge in [-0.15, -0.1) is 0 Å². The molecule has 0 atom stereocenters. The Hall–Kier alpha value is -0.870. The third-order valence-corrected chi connectivity index (χ3v) is 2.71. The van der Waals surface area contributed by atoms with Crippen LogP contribution in [-0.4, -0.2) is 19.6 Å². The van der Waals surface area contributed by atoms with Gasteiger partial charge in [0.05, 0.1) is 12.7 Å². The molecule has 1 rings (SSSR count). The molecular weight excluding hydrogens is 270 g/mol. The van der Waals surface area contributed by atoms with E-state index in [4.69, 9.17) is 4.74 Å². The van der Waals surface area contributed by atoms with Crippen molar-refractivity contribution in [2.45, 2.75) is 19.9 Å². The molecule has 1 aromatic carbocycles. The highest BCUT2D eigenvalue weighted by atomic mass is 79.9. The van der Waals surface area contributed by atoms with Gasteiger partial charge in [0, 0.05) is 11.0 Å². The molecule has 0 aliphatic heterocycles.